The zero-order chi connectivity index (χ0) is 14.2. The molecule has 0 radical (unpaired) electrons. The Kier molecular flexibility index (Phi) is 3.30. The average molecular weight is 275 g/mol. The number of aromatic nitrogens is 2. The van der Waals surface area contributed by atoms with Gasteiger partial charge in [0.25, 0.3) is 0 Å². The van der Waals surface area contributed by atoms with E-state index >= 15 is 0 Å². The summed E-state index contributed by atoms with van der Waals surface area (Å²) in [4.78, 5) is 8.23. The van der Waals surface area contributed by atoms with Gasteiger partial charge in [0.15, 0.2) is 11.5 Å². The van der Waals surface area contributed by atoms with Gasteiger partial charge in [0, 0.05) is 17.5 Å². The molecule has 1 saturated heterocycles. The molecule has 1 aromatic carbocycles. The number of hydrogen-bond donors (Lipinski definition) is 2. The molecule has 0 aliphatic carbocycles. The van der Waals surface area contributed by atoms with Gasteiger partial charge in [-0.3, -0.25) is 0 Å². The molecule has 1 fully saturated rings. The highest BCUT2D eigenvalue weighted by atomic mass is 16.5. The molecule has 3 rings (SSSR count). The maximum absolute atomic E-state index is 5.34. The van der Waals surface area contributed by atoms with E-state index in [0.29, 0.717) is 5.75 Å². The molecule has 0 bridgehead atoms. The number of aromatic amines is 1. The Balaban J connectivity index is 2.06. The van der Waals surface area contributed by atoms with Crippen molar-refractivity contribution >= 4 is 11.0 Å². The maximum atomic E-state index is 5.34. The monoisotopic (exact) mass is 275 g/mol. The topological polar surface area (TPSA) is 59.2 Å². The molecule has 0 saturated carbocycles. The summed E-state index contributed by atoms with van der Waals surface area (Å²) in [6.45, 7) is 4.36. The minimum atomic E-state index is 0.116. The SMILES string of the molecule is COc1cc2nc(C3(C)CCNCC3)[nH]c2cc1OC. The number of H-pyrrole nitrogens is 1. The molecule has 2 N–H and O–H groups in total. The molecule has 20 heavy (non-hydrogen) atoms. The van der Waals surface area contributed by atoms with Gasteiger partial charge in [-0.05, 0) is 25.9 Å². The summed E-state index contributed by atoms with van der Waals surface area (Å²) in [5, 5.41) is 3.40. The Morgan fingerprint density at radius 1 is 1.10 bits per heavy atom. The second-order valence-corrected chi connectivity index (χ2v) is 5.62. The lowest BCUT2D eigenvalue weighted by Gasteiger charge is -2.32. The van der Waals surface area contributed by atoms with E-state index in [2.05, 4.69) is 17.2 Å². The van der Waals surface area contributed by atoms with Crippen molar-refractivity contribution in [3.63, 3.8) is 0 Å². The number of ether oxygens (including phenoxy) is 2. The van der Waals surface area contributed by atoms with Crippen molar-refractivity contribution in [3.8, 4) is 11.5 Å². The fourth-order valence-electron chi connectivity index (χ4n) is 2.84. The van der Waals surface area contributed by atoms with Crippen LogP contribution in [0.1, 0.15) is 25.6 Å². The zero-order valence-electron chi connectivity index (χ0n) is 12.2. The number of methoxy groups -OCH3 is 2. The van der Waals surface area contributed by atoms with Crippen LogP contribution in [0.5, 0.6) is 11.5 Å². The molecule has 2 heterocycles. The van der Waals surface area contributed by atoms with Gasteiger partial charge in [-0.15, -0.1) is 0 Å². The van der Waals surface area contributed by atoms with E-state index in [1.807, 2.05) is 12.1 Å². The smallest absolute Gasteiger partial charge is 0.163 e. The lowest BCUT2D eigenvalue weighted by molar-refractivity contribution is 0.321. The molecule has 0 spiro atoms. The summed E-state index contributed by atoms with van der Waals surface area (Å²) >= 11 is 0. The highest BCUT2D eigenvalue weighted by Crippen LogP contribution is 2.35. The van der Waals surface area contributed by atoms with Crippen LogP contribution in [0.4, 0.5) is 0 Å². The van der Waals surface area contributed by atoms with Crippen LogP contribution in [0.25, 0.3) is 11.0 Å². The van der Waals surface area contributed by atoms with E-state index in [1.54, 1.807) is 14.2 Å². The van der Waals surface area contributed by atoms with E-state index in [4.69, 9.17) is 14.5 Å². The van der Waals surface area contributed by atoms with E-state index in [-0.39, 0.29) is 5.41 Å². The molecule has 0 amide bonds. The molecule has 1 aromatic heterocycles. The van der Waals surface area contributed by atoms with Gasteiger partial charge in [-0.2, -0.15) is 0 Å². The van der Waals surface area contributed by atoms with Crippen LogP contribution in [0, 0.1) is 0 Å². The van der Waals surface area contributed by atoms with Crippen LogP contribution < -0.4 is 14.8 Å². The van der Waals surface area contributed by atoms with Gasteiger partial charge >= 0.3 is 0 Å². The minimum absolute atomic E-state index is 0.116. The second kappa shape index (κ2) is 4.98. The Morgan fingerprint density at radius 3 is 2.40 bits per heavy atom. The second-order valence-electron chi connectivity index (χ2n) is 5.62. The lowest BCUT2D eigenvalue weighted by Crippen LogP contribution is -2.38. The number of hydrogen-bond acceptors (Lipinski definition) is 4. The third-order valence-electron chi connectivity index (χ3n) is 4.27. The number of benzene rings is 1. The Hall–Kier alpha value is -1.75. The van der Waals surface area contributed by atoms with Gasteiger partial charge in [0.05, 0.1) is 25.3 Å². The summed E-state index contributed by atoms with van der Waals surface area (Å²) in [6.07, 6.45) is 2.20. The van der Waals surface area contributed by atoms with Crippen LogP contribution in [-0.2, 0) is 5.41 Å². The fourth-order valence-corrected chi connectivity index (χ4v) is 2.84. The largest absolute Gasteiger partial charge is 0.493 e. The van der Waals surface area contributed by atoms with Crippen LogP contribution in [0.15, 0.2) is 12.1 Å². The summed E-state index contributed by atoms with van der Waals surface area (Å²) < 4.78 is 10.7. The van der Waals surface area contributed by atoms with E-state index in [9.17, 15) is 0 Å². The average Bonchev–Trinajstić information content (AvgIpc) is 2.90. The van der Waals surface area contributed by atoms with E-state index < -0.39 is 0 Å². The molecule has 0 unspecified atom stereocenters. The summed E-state index contributed by atoms with van der Waals surface area (Å²) in [6, 6.07) is 3.88. The fraction of sp³-hybridized carbons (Fsp3) is 0.533. The highest BCUT2D eigenvalue weighted by Gasteiger charge is 2.31. The molecule has 1 aliphatic rings. The lowest BCUT2D eigenvalue weighted by atomic mass is 9.80. The number of fused-ring (bicyclic) bond motifs is 1. The van der Waals surface area contributed by atoms with Crippen LogP contribution in [0.2, 0.25) is 0 Å². The Labute approximate surface area is 118 Å². The van der Waals surface area contributed by atoms with Crippen LogP contribution in [0.3, 0.4) is 0 Å². The first-order valence-corrected chi connectivity index (χ1v) is 6.99. The number of nitrogens with zero attached hydrogens (tertiary/aromatic N) is 1. The molecule has 2 aromatic rings. The van der Waals surface area contributed by atoms with Gasteiger partial charge in [-0.25, -0.2) is 4.98 Å². The predicted octanol–water partition coefficient (Wildman–Crippen LogP) is 2.22. The predicted molar refractivity (Wildman–Crippen MR) is 78.7 cm³/mol. The molecule has 108 valence electrons. The maximum Gasteiger partial charge on any atom is 0.163 e. The minimum Gasteiger partial charge on any atom is -0.493 e. The Morgan fingerprint density at radius 2 is 1.75 bits per heavy atom. The normalized spacial score (nSPS) is 18.1. The van der Waals surface area contributed by atoms with Crippen LogP contribution >= 0.6 is 0 Å². The standard InChI is InChI=1S/C15H21N3O2/c1-15(4-6-16-7-5-15)14-17-10-8-12(19-2)13(20-3)9-11(10)18-14/h8-9,16H,4-7H2,1-3H3,(H,17,18). The van der Waals surface area contributed by atoms with Crippen molar-refractivity contribution < 1.29 is 9.47 Å². The third-order valence-corrected chi connectivity index (χ3v) is 4.27. The van der Waals surface area contributed by atoms with Crippen molar-refractivity contribution in [2.75, 3.05) is 27.3 Å². The molecule has 5 heteroatoms. The van der Waals surface area contributed by atoms with Crippen molar-refractivity contribution in [2.24, 2.45) is 0 Å². The van der Waals surface area contributed by atoms with Crippen molar-refractivity contribution in [1.82, 2.24) is 15.3 Å². The summed E-state index contributed by atoms with van der Waals surface area (Å²) in [5.41, 5.74) is 2.04. The van der Waals surface area contributed by atoms with Gasteiger partial charge in [-0.1, -0.05) is 6.92 Å². The highest BCUT2D eigenvalue weighted by molar-refractivity contribution is 5.80. The van der Waals surface area contributed by atoms with E-state index in [1.165, 1.54) is 0 Å². The quantitative estimate of drug-likeness (QED) is 0.901. The molecular formula is C15H21N3O2. The van der Waals surface area contributed by atoms with Crippen molar-refractivity contribution in [3.05, 3.63) is 18.0 Å². The van der Waals surface area contributed by atoms with Gasteiger partial charge < -0.3 is 19.8 Å². The van der Waals surface area contributed by atoms with Crippen molar-refractivity contribution in [2.45, 2.75) is 25.2 Å². The first-order valence-electron chi connectivity index (χ1n) is 6.99. The third kappa shape index (κ3) is 2.12. The first kappa shape index (κ1) is 13.2. The Bertz CT molecular complexity index is 574. The number of imidazole rings is 1. The summed E-state index contributed by atoms with van der Waals surface area (Å²) in [7, 11) is 3.29. The molecule has 0 atom stereocenters. The zero-order valence-corrected chi connectivity index (χ0v) is 12.2. The number of rotatable bonds is 3. The van der Waals surface area contributed by atoms with E-state index in [0.717, 1.165) is 48.5 Å². The first-order chi connectivity index (χ1) is 9.66. The van der Waals surface area contributed by atoms with Gasteiger partial charge in [0.2, 0.25) is 0 Å². The molecule has 5 nitrogen and oxygen atoms in total. The van der Waals surface area contributed by atoms with Crippen molar-refractivity contribution in [1.29, 1.82) is 0 Å². The molecular weight excluding hydrogens is 254 g/mol. The van der Waals surface area contributed by atoms with Gasteiger partial charge in [0.1, 0.15) is 5.82 Å². The van der Waals surface area contributed by atoms with Crippen LogP contribution in [-0.4, -0.2) is 37.3 Å². The number of nitrogens with one attached hydrogen (secondary N) is 2. The molecule has 1 aliphatic heterocycles. The summed E-state index contributed by atoms with van der Waals surface area (Å²) in [5.74, 6) is 2.50. The number of piperidine rings is 1.